The molecule has 1 atom stereocenters. The molecule has 0 aliphatic carbocycles. The zero-order valence-electron chi connectivity index (χ0n) is 15.3. The van der Waals surface area contributed by atoms with E-state index in [9.17, 15) is 4.79 Å². The highest BCUT2D eigenvalue weighted by Gasteiger charge is 2.27. The van der Waals surface area contributed by atoms with Gasteiger partial charge in [-0.2, -0.15) is 0 Å². The molecule has 0 spiro atoms. The molecule has 6 heteroatoms. The van der Waals surface area contributed by atoms with Crippen LogP contribution in [-0.4, -0.2) is 72.6 Å². The Kier molecular flexibility index (Phi) is 5.89. The van der Waals surface area contributed by atoms with Gasteiger partial charge in [0.15, 0.2) is 0 Å². The number of amidine groups is 1. The minimum Gasteiger partial charge on any atom is -0.444 e. The highest BCUT2D eigenvalue weighted by Crippen LogP contribution is 2.17. The third-order valence-electron chi connectivity index (χ3n) is 4.31. The van der Waals surface area contributed by atoms with Gasteiger partial charge in [0.2, 0.25) is 0 Å². The van der Waals surface area contributed by atoms with Crippen LogP contribution in [0.2, 0.25) is 0 Å². The zero-order valence-corrected chi connectivity index (χ0v) is 15.3. The summed E-state index contributed by atoms with van der Waals surface area (Å²) in [5, 5.41) is 3.44. The molecule has 2 aliphatic heterocycles. The van der Waals surface area contributed by atoms with Gasteiger partial charge in [0.25, 0.3) is 0 Å². The number of nitrogens with zero attached hydrogens (tertiary/aromatic N) is 3. The molecule has 0 saturated carbocycles. The molecule has 0 radical (unpaired) electrons. The summed E-state index contributed by atoms with van der Waals surface area (Å²) in [5.74, 6) is 1.57. The van der Waals surface area contributed by atoms with Crippen LogP contribution < -0.4 is 5.32 Å². The molecular formula is C17H32N4O2. The monoisotopic (exact) mass is 324 g/mol. The minimum absolute atomic E-state index is 0.251. The van der Waals surface area contributed by atoms with Crippen LogP contribution in [0.1, 0.15) is 41.0 Å². The second kappa shape index (κ2) is 7.51. The summed E-state index contributed by atoms with van der Waals surface area (Å²) >= 11 is 0. The molecule has 1 N–H and O–H groups in total. The Morgan fingerprint density at radius 2 is 2.13 bits per heavy atom. The molecule has 23 heavy (non-hydrogen) atoms. The SMILES string of the molecule is CC(C)N1CCC(CNC2=NCCN(C(=O)OC(C)(C)C)C2)C1. The van der Waals surface area contributed by atoms with Gasteiger partial charge in [-0.3, -0.25) is 9.89 Å². The van der Waals surface area contributed by atoms with Crippen LogP contribution in [0.4, 0.5) is 4.79 Å². The Labute approximate surface area is 140 Å². The third kappa shape index (κ3) is 5.68. The Morgan fingerprint density at radius 1 is 1.39 bits per heavy atom. The first kappa shape index (κ1) is 18.0. The lowest BCUT2D eigenvalue weighted by Crippen LogP contribution is -2.48. The van der Waals surface area contributed by atoms with Crippen molar-refractivity contribution < 1.29 is 9.53 Å². The van der Waals surface area contributed by atoms with Gasteiger partial charge in [-0.1, -0.05) is 0 Å². The van der Waals surface area contributed by atoms with Crippen LogP contribution >= 0.6 is 0 Å². The summed E-state index contributed by atoms with van der Waals surface area (Å²) in [6.45, 7) is 15.2. The maximum Gasteiger partial charge on any atom is 0.410 e. The molecule has 0 aromatic carbocycles. The second-order valence-electron chi connectivity index (χ2n) is 7.85. The van der Waals surface area contributed by atoms with Crippen LogP contribution in [0.25, 0.3) is 0 Å². The molecule has 2 heterocycles. The van der Waals surface area contributed by atoms with E-state index in [1.807, 2.05) is 20.8 Å². The van der Waals surface area contributed by atoms with Crippen molar-refractivity contribution in [3.05, 3.63) is 0 Å². The average Bonchev–Trinajstić information content (AvgIpc) is 2.93. The molecule has 0 bridgehead atoms. The predicted molar refractivity (Wildman–Crippen MR) is 92.9 cm³/mol. The molecule has 0 aromatic heterocycles. The highest BCUT2D eigenvalue weighted by atomic mass is 16.6. The van der Waals surface area contributed by atoms with Crippen LogP contribution in [0.3, 0.4) is 0 Å². The fourth-order valence-corrected chi connectivity index (χ4v) is 2.97. The molecule has 2 aliphatic rings. The summed E-state index contributed by atoms with van der Waals surface area (Å²) in [5.41, 5.74) is -0.455. The first-order valence-electron chi connectivity index (χ1n) is 8.74. The molecule has 1 fully saturated rings. The molecular weight excluding hydrogens is 292 g/mol. The first-order chi connectivity index (χ1) is 10.7. The number of likely N-dealkylation sites (tertiary alicyclic amines) is 1. The number of aliphatic imine (C=N–C) groups is 1. The number of rotatable bonds is 3. The van der Waals surface area contributed by atoms with Crippen molar-refractivity contribution in [2.75, 3.05) is 39.3 Å². The fraction of sp³-hybridized carbons (Fsp3) is 0.882. The highest BCUT2D eigenvalue weighted by molar-refractivity contribution is 5.87. The summed E-state index contributed by atoms with van der Waals surface area (Å²) < 4.78 is 5.44. The smallest absolute Gasteiger partial charge is 0.410 e. The molecule has 1 unspecified atom stereocenters. The van der Waals surface area contributed by atoms with E-state index in [1.165, 1.54) is 13.0 Å². The van der Waals surface area contributed by atoms with Crippen molar-refractivity contribution in [1.29, 1.82) is 0 Å². The number of hydrogen-bond donors (Lipinski definition) is 1. The maximum atomic E-state index is 12.2. The van der Waals surface area contributed by atoms with Gasteiger partial charge in [0, 0.05) is 25.7 Å². The standard InChI is InChI=1S/C17H32N4O2/c1-13(2)20-8-6-14(11-20)10-19-15-12-21(9-7-18-15)16(22)23-17(3,4)5/h13-14H,6-12H2,1-5H3,(H,18,19). The van der Waals surface area contributed by atoms with Crippen molar-refractivity contribution in [3.8, 4) is 0 Å². The number of hydrogen-bond acceptors (Lipinski definition) is 5. The zero-order chi connectivity index (χ0) is 17.0. The lowest BCUT2D eigenvalue weighted by molar-refractivity contribution is 0.0276. The lowest BCUT2D eigenvalue weighted by atomic mass is 10.1. The quantitative estimate of drug-likeness (QED) is 0.862. The van der Waals surface area contributed by atoms with Gasteiger partial charge >= 0.3 is 6.09 Å². The average molecular weight is 324 g/mol. The van der Waals surface area contributed by atoms with E-state index in [0.717, 1.165) is 18.9 Å². The normalized spacial score (nSPS) is 23.1. The van der Waals surface area contributed by atoms with Gasteiger partial charge in [-0.15, -0.1) is 0 Å². The van der Waals surface area contributed by atoms with E-state index < -0.39 is 5.60 Å². The van der Waals surface area contributed by atoms with Gasteiger partial charge in [0.1, 0.15) is 11.4 Å². The van der Waals surface area contributed by atoms with Crippen molar-refractivity contribution in [1.82, 2.24) is 15.1 Å². The molecule has 0 aromatic rings. The van der Waals surface area contributed by atoms with Gasteiger partial charge in [-0.25, -0.2) is 4.79 Å². The molecule has 132 valence electrons. The topological polar surface area (TPSA) is 57.2 Å². The van der Waals surface area contributed by atoms with Gasteiger partial charge < -0.3 is 15.0 Å². The van der Waals surface area contributed by atoms with Gasteiger partial charge in [0.05, 0.1) is 13.1 Å². The molecule has 1 amide bonds. The third-order valence-corrected chi connectivity index (χ3v) is 4.31. The second-order valence-corrected chi connectivity index (χ2v) is 7.85. The Bertz CT molecular complexity index is 442. The lowest BCUT2D eigenvalue weighted by Gasteiger charge is -2.30. The molecule has 2 rings (SSSR count). The van der Waals surface area contributed by atoms with E-state index in [0.29, 0.717) is 31.6 Å². The number of ether oxygens (including phenoxy) is 1. The summed E-state index contributed by atoms with van der Waals surface area (Å²) in [7, 11) is 0. The van der Waals surface area contributed by atoms with Crippen LogP contribution in [-0.2, 0) is 4.74 Å². The number of carbonyl (C=O) groups excluding carboxylic acids is 1. The van der Waals surface area contributed by atoms with Crippen molar-refractivity contribution in [3.63, 3.8) is 0 Å². The minimum atomic E-state index is -0.455. The summed E-state index contributed by atoms with van der Waals surface area (Å²) in [4.78, 5) is 20.9. The van der Waals surface area contributed by atoms with E-state index in [1.54, 1.807) is 4.90 Å². The molecule has 1 saturated heterocycles. The Hall–Kier alpha value is -1.30. The number of carbonyl (C=O) groups is 1. The maximum absolute atomic E-state index is 12.2. The number of nitrogens with one attached hydrogen (secondary N) is 1. The van der Waals surface area contributed by atoms with Crippen LogP contribution in [0.15, 0.2) is 4.99 Å². The largest absolute Gasteiger partial charge is 0.444 e. The van der Waals surface area contributed by atoms with E-state index in [4.69, 9.17) is 4.74 Å². The summed E-state index contributed by atoms with van der Waals surface area (Å²) in [6.07, 6.45) is 0.979. The van der Waals surface area contributed by atoms with E-state index >= 15 is 0 Å². The van der Waals surface area contributed by atoms with Gasteiger partial charge in [-0.05, 0) is 53.5 Å². The molecule has 6 nitrogen and oxygen atoms in total. The Balaban J connectivity index is 1.76. The number of amides is 1. The van der Waals surface area contributed by atoms with E-state index in [-0.39, 0.29) is 6.09 Å². The first-order valence-corrected chi connectivity index (χ1v) is 8.74. The predicted octanol–water partition coefficient (Wildman–Crippen LogP) is 1.96. The van der Waals surface area contributed by atoms with E-state index in [2.05, 4.69) is 29.1 Å². The van der Waals surface area contributed by atoms with Crippen molar-refractivity contribution in [2.45, 2.75) is 52.7 Å². The fourth-order valence-electron chi connectivity index (χ4n) is 2.97. The van der Waals surface area contributed by atoms with Crippen LogP contribution in [0.5, 0.6) is 0 Å². The van der Waals surface area contributed by atoms with Crippen molar-refractivity contribution >= 4 is 11.9 Å². The Morgan fingerprint density at radius 3 is 2.74 bits per heavy atom. The van der Waals surface area contributed by atoms with Crippen LogP contribution in [0, 0.1) is 5.92 Å². The van der Waals surface area contributed by atoms with Crippen molar-refractivity contribution in [2.24, 2.45) is 10.9 Å². The summed E-state index contributed by atoms with van der Waals surface area (Å²) in [6, 6.07) is 0.620.